The summed E-state index contributed by atoms with van der Waals surface area (Å²) in [5.41, 5.74) is 0. The summed E-state index contributed by atoms with van der Waals surface area (Å²) in [6.45, 7) is 1.75. The Balaban J connectivity index is 1.71. The van der Waals surface area contributed by atoms with E-state index in [2.05, 4.69) is 0 Å². The molecule has 3 fully saturated rings. The van der Waals surface area contributed by atoms with Crippen LogP contribution in [0.5, 0.6) is 0 Å². The van der Waals surface area contributed by atoms with Gasteiger partial charge in [-0.15, -0.1) is 0 Å². The van der Waals surface area contributed by atoms with Gasteiger partial charge in [-0.25, -0.2) is 0 Å². The van der Waals surface area contributed by atoms with Crippen LogP contribution < -0.4 is 0 Å². The fraction of sp³-hybridized carbons (Fsp3) is 0.786. The SMILES string of the molecule is O=C(O)CC1C(=O)N(CC2CC2)CCN1C(=O)C1CC1. The molecule has 0 spiro atoms. The van der Waals surface area contributed by atoms with Gasteiger partial charge >= 0.3 is 5.97 Å². The lowest BCUT2D eigenvalue weighted by Gasteiger charge is -2.40. The molecule has 0 bridgehead atoms. The number of carbonyl (C=O) groups is 3. The van der Waals surface area contributed by atoms with Crippen molar-refractivity contribution in [3.8, 4) is 0 Å². The molecule has 0 aromatic carbocycles. The van der Waals surface area contributed by atoms with Crippen molar-refractivity contribution < 1.29 is 19.5 Å². The third-order valence-corrected chi connectivity index (χ3v) is 4.34. The van der Waals surface area contributed by atoms with Gasteiger partial charge in [-0.05, 0) is 31.6 Å². The van der Waals surface area contributed by atoms with Gasteiger partial charge in [-0.1, -0.05) is 0 Å². The zero-order valence-electron chi connectivity index (χ0n) is 11.5. The van der Waals surface area contributed by atoms with E-state index in [9.17, 15) is 14.4 Å². The summed E-state index contributed by atoms with van der Waals surface area (Å²) in [7, 11) is 0. The molecule has 6 nitrogen and oxygen atoms in total. The lowest BCUT2D eigenvalue weighted by Crippen LogP contribution is -2.59. The van der Waals surface area contributed by atoms with Crippen molar-refractivity contribution in [1.29, 1.82) is 0 Å². The van der Waals surface area contributed by atoms with Crippen molar-refractivity contribution >= 4 is 17.8 Å². The van der Waals surface area contributed by atoms with Gasteiger partial charge in [0.2, 0.25) is 11.8 Å². The molecule has 2 amide bonds. The van der Waals surface area contributed by atoms with Gasteiger partial charge in [0.05, 0.1) is 6.42 Å². The number of carbonyl (C=O) groups excluding carboxylic acids is 2. The third-order valence-electron chi connectivity index (χ3n) is 4.34. The smallest absolute Gasteiger partial charge is 0.305 e. The number of aliphatic carboxylic acids is 1. The van der Waals surface area contributed by atoms with E-state index in [1.54, 1.807) is 4.90 Å². The third kappa shape index (κ3) is 2.78. The van der Waals surface area contributed by atoms with E-state index in [-0.39, 0.29) is 24.2 Å². The number of carboxylic acid groups (broad SMARTS) is 1. The van der Waals surface area contributed by atoms with Crippen LogP contribution in [-0.2, 0) is 14.4 Å². The van der Waals surface area contributed by atoms with E-state index in [4.69, 9.17) is 5.11 Å². The Bertz CT molecular complexity index is 442. The standard InChI is InChI=1S/C14H20N2O4/c17-12(18)7-11-14(20)15(8-9-1-2-9)5-6-16(11)13(19)10-3-4-10/h9-11H,1-8H2,(H,17,18). The Hall–Kier alpha value is -1.59. The fourth-order valence-corrected chi connectivity index (χ4v) is 2.82. The number of hydrogen-bond acceptors (Lipinski definition) is 3. The molecule has 6 heteroatoms. The zero-order valence-corrected chi connectivity index (χ0v) is 11.5. The first kappa shape index (κ1) is 13.4. The highest BCUT2D eigenvalue weighted by Crippen LogP contribution is 2.34. The lowest BCUT2D eigenvalue weighted by molar-refractivity contribution is -0.156. The van der Waals surface area contributed by atoms with Crippen molar-refractivity contribution in [2.75, 3.05) is 19.6 Å². The van der Waals surface area contributed by atoms with Crippen molar-refractivity contribution in [2.24, 2.45) is 11.8 Å². The Morgan fingerprint density at radius 2 is 1.85 bits per heavy atom. The van der Waals surface area contributed by atoms with E-state index < -0.39 is 12.0 Å². The van der Waals surface area contributed by atoms with E-state index in [1.807, 2.05) is 0 Å². The summed E-state index contributed by atoms with van der Waals surface area (Å²) in [6.07, 6.45) is 3.76. The molecular weight excluding hydrogens is 260 g/mol. The summed E-state index contributed by atoms with van der Waals surface area (Å²) < 4.78 is 0. The maximum absolute atomic E-state index is 12.5. The van der Waals surface area contributed by atoms with Gasteiger partial charge in [0.25, 0.3) is 0 Å². The van der Waals surface area contributed by atoms with E-state index >= 15 is 0 Å². The molecule has 1 aliphatic heterocycles. The number of nitrogens with zero attached hydrogens (tertiary/aromatic N) is 2. The molecule has 1 heterocycles. The Morgan fingerprint density at radius 1 is 1.15 bits per heavy atom. The Labute approximate surface area is 117 Å². The van der Waals surface area contributed by atoms with Crippen LogP contribution in [0.2, 0.25) is 0 Å². The fourth-order valence-electron chi connectivity index (χ4n) is 2.82. The van der Waals surface area contributed by atoms with Crippen LogP contribution in [-0.4, -0.2) is 58.4 Å². The van der Waals surface area contributed by atoms with Gasteiger partial charge in [0, 0.05) is 25.6 Å². The maximum Gasteiger partial charge on any atom is 0.305 e. The van der Waals surface area contributed by atoms with Gasteiger partial charge < -0.3 is 14.9 Å². The molecule has 1 saturated heterocycles. The van der Waals surface area contributed by atoms with Gasteiger partial charge in [0.15, 0.2) is 0 Å². The van der Waals surface area contributed by atoms with Crippen molar-refractivity contribution in [3.05, 3.63) is 0 Å². The number of piperazine rings is 1. The van der Waals surface area contributed by atoms with E-state index in [1.165, 1.54) is 4.90 Å². The second kappa shape index (κ2) is 5.07. The van der Waals surface area contributed by atoms with Gasteiger partial charge in [-0.2, -0.15) is 0 Å². The summed E-state index contributed by atoms with van der Waals surface area (Å²) in [4.78, 5) is 38.9. The highest BCUT2D eigenvalue weighted by molar-refractivity contribution is 5.93. The molecule has 3 aliphatic rings. The first-order chi connectivity index (χ1) is 9.56. The highest BCUT2D eigenvalue weighted by Gasteiger charge is 2.44. The minimum absolute atomic E-state index is 0.0223. The van der Waals surface area contributed by atoms with Crippen LogP contribution in [0, 0.1) is 11.8 Å². The monoisotopic (exact) mass is 280 g/mol. The molecule has 1 unspecified atom stereocenters. The zero-order chi connectivity index (χ0) is 14.3. The van der Waals surface area contributed by atoms with Crippen molar-refractivity contribution in [2.45, 2.75) is 38.1 Å². The van der Waals surface area contributed by atoms with Crippen molar-refractivity contribution in [1.82, 2.24) is 9.80 Å². The summed E-state index contributed by atoms with van der Waals surface area (Å²) in [5.74, 6) is -0.635. The Kier molecular flexibility index (Phi) is 3.40. The Morgan fingerprint density at radius 3 is 2.40 bits per heavy atom. The molecular formula is C14H20N2O4. The first-order valence-corrected chi connectivity index (χ1v) is 7.37. The second-order valence-corrected chi connectivity index (χ2v) is 6.15. The van der Waals surface area contributed by atoms with Crippen LogP contribution in [0.15, 0.2) is 0 Å². The highest BCUT2D eigenvalue weighted by atomic mass is 16.4. The molecule has 1 atom stereocenters. The normalized spacial score (nSPS) is 26.8. The van der Waals surface area contributed by atoms with Crippen LogP contribution in [0.25, 0.3) is 0 Å². The van der Waals surface area contributed by atoms with Gasteiger partial charge in [-0.3, -0.25) is 14.4 Å². The van der Waals surface area contributed by atoms with Crippen LogP contribution >= 0.6 is 0 Å². The predicted molar refractivity (Wildman–Crippen MR) is 69.8 cm³/mol. The predicted octanol–water partition coefficient (Wildman–Crippen LogP) is 0.320. The van der Waals surface area contributed by atoms with Crippen LogP contribution in [0.1, 0.15) is 32.1 Å². The molecule has 2 saturated carbocycles. The number of amides is 2. The molecule has 110 valence electrons. The quantitative estimate of drug-likeness (QED) is 0.786. The minimum Gasteiger partial charge on any atom is -0.481 e. The first-order valence-electron chi connectivity index (χ1n) is 7.37. The van der Waals surface area contributed by atoms with Gasteiger partial charge in [0.1, 0.15) is 6.04 Å². The number of hydrogen-bond donors (Lipinski definition) is 1. The summed E-state index contributed by atoms with van der Waals surface area (Å²) in [5, 5.41) is 9.01. The minimum atomic E-state index is -1.02. The topological polar surface area (TPSA) is 77.9 Å². The van der Waals surface area contributed by atoms with E-state index in [0.29, 0.717) is 19.0 Å². The number of carboxylic acids is 1. The second-order valence-electron chi connectivity index (χ2n) is 6.15. The molecule has 0 aromatic heterocycles. The maximum atomic E-state index is 12.5. The van der Waals surface area contributed by atoms with E-state index in [0.717, 1.165) is 32.2 Å². The average molecular weight is 280 g/mol. The largest absolute Gasteiger partial charge is 0.481 e. The summed E-state index contributed by atoms with van der Waals surface area (Å²) in [6, 6.07) is -0.798. The molecule has 0 aromatic rings. The average Bonchev–Trinajstić information content (AvgIpc) is 3.26. The lowest BCUT2D eigenvalue weighted by atomic mass is 10.1. The summed E-state index contributed by atoms with van der Waals surface area (Å²) >= 11 is 0. The molecule has 2 aliphatic carbocycles. The molecule has 3 rings (SSSR count). The molecule has 20 heavy (non-hydrogen) atoms. The molecule has 0 radical (unpaired) electrons. The molecule has 1 N–H and O–H groups in total. The number of rotatable bonds is 5. The van der Waals surface area contributed by atoms with Crippen molar-refractivity contribution in [3.63, 3.8) is 0 Å². The van der Waals surface area contributed by atoms with Crippen LogP contribution in [0.3, 0.4) is 0 Å². The van der Waals surface area contributed by atoms with Crippen LogP contribution in [0.4, 0.5) is 0 Å².